The molecule has 1 saturated heterocycles. The zero-order valence-corrected chi connectivity index (χ0v) is 15.3. The fraction of sp³-hybridized carbons (Fsp3) is 0.304. The molecule has 0 unspecified atom stereocenters. The molecular weight excluding hydrogens is 336 g/mol. The summed E-state index contributed by atoms with van der Waals surface area (Å²) in [5.41, 5.74) is 2.22. The van der Waals surface area contributed by atoms with Gasteiger partial charge in [-0.2, -0.15) is 0 Å². The van der Waals surface area contributed by atoms with E-state index in [4.69, 9.17) is 0 Å². The second-order valence-electron chi connectivity index (χ2n) is 7.27. The van der Waals surface area contributed by atoms with E-state index in [0.29, 0.717) is 25.9 Å². The van der Waals surface area contributed by atoms with Gasteiger partial charge in [0.15, 0.2) is 0 Å². The van der Waals surface area contributed by atoms with Crippen molar-refractivity contribution in [3.8, 4) is 0 Å². The molecule has 1 aliphatic heterocycles. The fourth-order valence-electron chi connectivity index (χ4n) is 3.94. The molecule has 0 radical (unpaired) electrons. The summed E-state index contributed by atoms with van der Waals surface area (Å²) in [7, 11) is 0. The number of nitrogens with zero attached hydrogens (tertiary/aromatic N) is 2. The van der Waals surface area contributed by atoms with E-state index in [1.807, 2.05) is 24.3 Å². The van der Waals surface area contributed by atoms with Crippen molar-refractivity contribution in [3.05, 3.63) is 78.1 Å². The molecule has 2 heterocycles. The number of amides is 1. The summed E-state index contributed by atoms with van der Waals surface area (Å²) < 4.78 is 0. The first kappa shape index (κ1) is 17.7. The summed E-state index contributed by atoms with van der Waals surface area (Å²) in [4.78, 5) is 18.4. The predicted octanol–water partition coefficient (Wildman–Crippen LogP) is 3.54. The van der Waals surface area contributed by atoms with Gasteiger partial charge < -0.3 is 10.0 Å². The van der Waals surface area contributed by atoms with Gasteiger partial charge in [-0.25, -0.2) is 0 Å². The van der Waals surface area contributed by atoms with E-state index in [-0.39, 0.29) is 11.8 Å². The summed E-state index contributed by atoms with van der Waals surface area (Å²) in [6, 6.07) is 18.5. The highest BCUT2D eigenvalue weighted by Crippen LogP contribution is 2.31. The van der Waals surface area contributed by atoms with Crippen LogP contribution in [0.4, 0.5) is 0 Å². The second-order valence-corrected chi connectivity index (χ2v) is 7.27. The van der Waals surface area contributed by atoms with Crippen LogP contribution >= 0.6 is 0 Å². The standard InChI is InChI=1S/C23H24N2O2/c26-22-16-25(23(27)10-7-17-4-3-12-24-15-17)13-11-21(22)20-9-8-18-5-1-2-6-19(18)14-20/h1-6,8-9,12,14-15,21-22,26H,7,10-11,13,16H2/t21-,22+/m0/s1. The third kappa shape index (κ3) is 4.01. The summed E-state index contributed by atoms with van der Waals surface area (Å²) in [5, 5.41) is 13.1. The molecule has 2 atom stereocenters. The molecular formula is C23H24N2O2. The quantitative estimate of drug-likeness (QED) is 0.774. The number of carbonyl (C=O) groups excluding carboxylic acids is 1. The molecule has 138 valence electrons. The van der Waals surface area contributed by atoms with Crippen LogP contribution < -0.4 is 0 Å². The molecule has 1 N–H and O–H groups in total. The molecule has 0 saturated carbocycles. The Labute approximate surface area is 159 Å². The number of pyridine rings is 1. The van der Waals surface area contributed by atoms with Crippen LogP contribution in [0.5, 0.6) is 0 Å². The topological polar surface area (TPSA) is 53.4 Å². The Hall–Kier alpha value is -2.72. The SMILES string of the molecule is O=C(CCc1cccnc1)N1CC[C@@H](c2ccc3ccccc3c2)[C@H](O)C1. The summed E-state index contributed by atoms with van der Waals surface area (Å²) in [5.74, 6) is 0.187. The molecule has 1 aromatic heterocycles. The van der Waals surface area contributed by atoms with Crippen molar-refractivity contribution in [1.82, 2.24) is 9.88 Å². The molecule has 1 aliphatic rings. The molecule has 4 nitrogen and oxygen atoms in total. The number of likely N-dealkylation sites (tertiary alicyclic amines) is 1. The maximum absolute atomic E-state index is 12.5. The third-order valence-corrected chi connectivity index (χ3v) is 5.49. The van der Waals surface area contributed by atoms with Crippen molar-refractivity contribution >= 4 is 16.7 Å². The Balaban J connectivity index is 1.38. The van der Waals surface area contributed by atoms with Crippen LogP contribution in [-0.4, -0.2) is 40.1 Å². The number of β-amino-alcohol motifs (C(OH)–C–C–N with tert-alkyl or cyclic N) is 1. The highest BCUT2D eigenvalue weighted by atomic mass is 16.3. The molecule has 27 heavy (non-hydrogen) atoms. The van der Waals surface area contributed by atoms with Crippen molar-refractivity contribution in [2.24, 2.45) is 0 Å². The summed E-state index contributed by atoms with van der Waals surface area (Å²) in [6.45, 7) is 1.10. The number of fused-ring (bicyclic) bond motifs is 1. The molecule has 4 heteroatoms. The van der Waals surface area contributed by atoms with Gasteiger partial charge in [0.05, 0.1) is 6.10 Å². The number of hydrogen-bond acceptors (Lipinski definition) is 3. The lowest BCUT2D eigenvalue weighted by molar-refractivity contribution is -0.134. The van der Waals surface area contributed by atoms with Crippen molar-refractivity contribution in [2.75, 3.05) is 13.1 Å². The van der Waals surface area contributed by atoms with Crippen LogP contribution in [0, 0.1) is 0 Å². The normalized spacial score (nSPS) is 20.0. The lowest BCUT2D eigenvalue weighted by atomic mass is 9.86. The summed E-state index contributed by atoms with van der Waals surface area (Å²) >= 11 is 0. The predicted molar refractivity (Wildman–Crippen MR) is 106 cm³/mol. The van der Waals surface area contributed by atoms with Crippen LogP contribution in [0.3, 0.4) is 0 Å². The zero-order valence-electron chi connectivity index (χ0n) is 15.3. The van der Waals surface area contributed by atoms with Gasteiger partial charge in [-0.05, 0) is 40.8 Å². The van der Waals surface area contributed by atoms with Crippen LogP contribution in [0.25, 0.3) is 10.8 Å². The highest BCUT2D eigenvalue weighted by molar-refractivity contribution is 5.83. The molecule has 3 aromatic rings. The van der Waals surface area contributed by atoms with E-state index in [1.54, 1.807) is 17.3 Å². The molecule has 2 aromatic carbocycles. The number of aliphatic hydroxyl groups excluding tert-OH is 1. The van der Waals surface area contributed by atoms with E-state index in [1.165, 1.54) is 10.8 Å². The average Bonchev–Trinajstić information content (AvgIpc) is 2.72. The van der Waals surface area contributed by atoms with E-state index >= 15 is 0 Å². The Morgan fingerprint density at radius 3 is 2.74 bits per heavy atom. The van der Waals surface area contributed by atoms with Crippen molar-refractivity contribution in [1.29, 1.82) is 0 Å². The van der Waals surface area contributed by atoms with Gasteiger partial charge in [0.2, 0.25) is 5.91 Å². The maximum Gasteiger partial charge on any atom is 0.222 e. The number of rotatable bonds is 4. The Morgan fingerprint density at radius 1 is 1.11 bits per heavy atom. The number of carbonyl (C=O) groups is 1. The van der Waals surface area contributed by atoms with Gasteiger partial charge in [-0.1, -0.05) is 48.5 Å². The molecule has 1 fully saturated rings. The maximum atomic E-state index is 12.5. The largest absolute Gasteiger partial charge is 0.391 e. The van der Waals surface area contributed by atoms with Crippen molar-refractivity contribution < 1.29 is 9.90 Å². The molecule has 0 spiro atoms. The van der Waals surface area contributed by atoms with E-state index in [0.717, 1.165) is 17.5 Å². The van der Waals surface area contributed by atoms with Gasteiger partial charge in [0, 0.05) is 37.8 Å². The van der Waals surface area contributed by atoms with E-state index < -0.39 is 6.10 Å². The van der Waals surface area contributed by atoms with Gasteiger partial charge in [0.25, 0.3) is 0 Å². The minimum Gasteiger partial charge on any atom is -0.391 e. The molecule has 0 bridgehead atoms. The van der Waals surface area contributed by atoms with Gasteiger partial charge in [-0.15, -0.1) is 0 Å². The molecule has 4 rings (SSSR count). The molecule has 1 amide bonds. The van der Waals surface area contributed by atoms with E-state index in [9.17, 15) is 9.90 Å². The fourth-order valence-corrected chi connectivity index (χ4v) is 3.94. The first-order valence-electron chi connectivity index (χ1n) is 9.54. The Morgan fingerprint density at radius 2 is 1.96 bits per heavy atom. The molecule has 0 aliphatic carbocycles. The van der Waals surface area contributed by atoms with Gasteiger partial charge in [-0.3, -0.25) is 9.78 Å². The first-order chi connectivity index (χ1) is 13.2. The number of aromatic nitrogens is 1. The third-order valence-electron chi connectivity index (χ3n) is 5.49. The monoisotopic (exact) mass is 360 g/mol. The second kappa shape index (κ2) is 7.89. The van der Waals surface area contributed by atoms with Crippen LogP contribution in [-0.2, 0) is 11.2 Å². The Bertz CT molecular complexity index is 926. The van der Waals surface area contributed by atoms with Crippen molar-refractivity contribution in [3.63, 3.8) is 0 Å². The lowest BCUT2D eigenvalue weighted by Crippen LogP contribution is -2.45. The smallest absolute Gasteiger partial charge is 0.222 e. The van der Waals surface area contributed by atoms with Gasteiger partial charge >= 0.3 is 0 Å². The number of benzene rings is 2. The zero-order chi connectivity index (χ0) is 18.6. The Kier molecular flexibility index (Phi) is 5.16. The lowest BCUT2D eigenvalue weighted by Gasteiger charge is -2.36. The van der Waals surface area contributed by atoms with Crippen LogP contribution in [0.15, 0.2) is 67.0 Å². The van der Waals surface area contributed by atoms with Crippen LogP contribution in [0.2, 0.25) is 0 Å². The van der Waals surface area contributed by atoms with Gasteiger partial charge in [0.1, 0.15) is 0 Å². The average molecular weight is 360 g/mol. The minimum absolute atomic E-state index is 0.0805. The van der Waals surface area contributed by atoms with Crippen molar-refractivity contribution in [2.45, 2.75) is 31.3 Å². The number of aliphatic hydroxyl groups is 1. The van der Waals surface area contributed by atoms with E-state index in [2.05, 4.69) is 35.3 Å². The number of hydrogen-bond donors (Lipinski definition) is 1. The minimum atomic E-state index is -0.526. The van der Waals surface area contributed by atoms with Crippen LogP contribution in [0.1, 0.15) is 29.9 Å². The first-order valence-corrected chi connectivity index (χ1v) is 9.54. The highest BCUT2D eigenvalue weighted by Gasteiger charge is 2.31. The number of piperidine rings is 1. The summed E-state index contributed by atoms with van der Waals surface area (Å²) in [6.07, 6.45) is 4.94. The number of aryl methyl sites for hydroxylation is 1.